The Balaban J connectivity index is 1.56. The number of urea groups is 1. The van der Waals surface area contributed by atoms with E-state index < -0.39 is 0 Å². The van der Waals surface area contributed by atoms with Crippen LogP contribution in [0.2, 0.25) is 0 Å². The van der Waals surface area contributed by atoms with Gasteiger partial charge >= 0.3 is 6.03 Å². The number of nitrogens with zero attached hydrogens (tertiary/aromatic N) is 4. The van der Waals surface area contributed by atoms with Crippen molar-refractivity contribution in [2.45, 2.75) is 25.4 Å². The Morgan fingerprint density at radius 3 is 2.84 bits per heavy atom. The van der Waals surface area contributed by atoms with E-state index >= 15 is 0 Å². The van der Waals surface area contributed by atoms with Crippen LogP contribution in [0.4, 0.5) is 4.79 Å². The first-order chi connectivity index (χ1) is 12.1. The van der Waals surface area contributed by atoms with Crippen LogP contribution in [0.25, 0.3) is 10.9 Å². The molecule has 0 unspecified atom stereocenters. The number of hydrogen-bond acceptors (Lipinski definition) is 3. The Labute approximate surface area is 149 Å². The fraction of sp³-hybridized carbons (Fsp3) is 0.500. The average Bonchev–Trinajstić information content (AvgIpc) is 2.93. The summed E-state index contributed by atoms with van der Waals surface area (Å²) in [5, 5.41) is 1.24. The molecule has 0 spiro atoms. The van der Waals surface area contributed by atoms with Gasteiger partial charge in [-0.15, -0.1) is 0 Å². The lowest BCUT2D eigenvalue weighted by Crippen LogP contribution is -2.45. The Hall–Kier alpha value is -2.14. The summed E-state index contributed by atoms with van der Waals surface area (Å²) in [6.07, 6.45) is 4.33. The fourth-order valence-electron chi connectivity index (χ4n) is 4.32. The standard InChI is InChI=1S/C20H26N4O/c1-22(2)20(25)24-12-15-7-8-17(14-24)23(11-15)13-16-9-10-21-19-6-4-3-5-18(16)19/h3-6,9-10,15,17H,7-8,11-14H2,1-2H3/t15-,17-/m1/s1. The van der Waals surface area contributed by atoms with Crippen molar-refractivity contribution < 1.29 is 4.79 Å². The highest BCUT2D eigenvalue weighted by molar-refractivity contribution is 5.81. The number of hydrogen-bond donors (Lipinski definition) is 0. The van der Waals surface area contributed by atoms with Gasteiger partial charge in [-0.1, -0.05) is 18.2 Å². The van der Waals surface area contributed by atoms with Crippen LogP contribution in [0.3, 0.4) is 0 Å². The second-order valence-corrected chi connectivity index (χ2v) is 7.60. The molecule has 5 nitrogen and oxygen atoms in total. The van der Waals surface area contributed by atoms with Gasteiger partial charge in [-0.05, 0) is 36.5 Å². The molecule has 5 rings (SSSR count). The molecule has 2 bridgehead atoms. The van der Waals surface area contributed by atoms with Crippen LogP contribution in [-0.4, -0.2) is 65.5 Å². The molecule has 0 N–H and O–H groups in total. The van der Waals surface area contributed by atoms with Gasteiger partial charge in [0.2, 0.25) is 0 Å². The molecule has 4 heterocycles. The predicted molar refractivity (Wildman–Crippen MR) is 99.3 cm³/mol. The molecule has 3 aliphatic rings. The van der Waals surface area contributed by atoms with E-state index in [4.69, 9.17) is 0 Å². The fourth-order valence-corrected chi connectivity index (χ4v) is 4.32. The lowest BCUT2D eigenvalue weighted by atomic mass is 9.94. The average molecular weight is 338 g/mol. The summed E-state index contributed by atoms with van der Waals surface area (Å²) in [6, 6.07) is 11.1. The number of benzene rings is 1. The van der Waals surface area contributed by atoms with Gasteiger partial charge in [-0.25, -0.2) is 4.79 Å². The molecular weight excluding hydrogens is 312 g/mol. The monoisotopic (exact) mass is 338 g/mol. The number of aromatic nitrogens is 1. The third-order valence-corrected chi connectivity index (χ3v) is 5.59. The van der Waals surface area contributed by atoms with Crippen molar-refractivity contribution in [3.63, 3.8) is 0 Å². The van der Waals surface area contributed by atoms with Crippen LogP contribution >= 0.6 is 0 Å². The lowest BCUT2D eigenvalue weighted by Gasteiger charge is -2.36. The van der Waals surface area contributed by atoms with Gasteiger partial charge in [0.15, 0.2) is 0 Å². The molecule has 0 radical (unpaired) electrons. The summed E-state index contributed by atoms with van der Waals surface area (Å²) in [6.45, 7) is 3.75. The Kier molecular flexibility index (Phi) is 4.34. The molecule has 5 heteroatoms. The molecule has 2 aromatic rings. The van der Waals surface area contributed by atoms with Crippen molar-refractivity contribution in [3.8, 4) is 0 Å². The summed E-state index contributed by atoms with van der Waals surface area (Å²) < 4.78 is 0. The van der Waals surface area contributed by atoms with Gasteiger partial charge in [0.1, 0.15) is 0 Å². The number of carbonyl (C=O) groups is 1. The third kappa shape index (κ3) is 3.21. The Bertz CT molecular complexity index is 770. The van der Waals surface area contributed by atoms with Crippen LogP contribution < -0.4 is 0 Å². The van der Waals surface area contributed by atoms with Crippen molar-refractivity contribution in [1.29, 1.82) is 0 Å². The van der Waals surface area contributed by atoms with Crippen molar-refractivity contribution in [1.82, 2.24) is 19.7 Å². The number of carbonyl (C=O) groups excluding carboxylic acids is 1. The molecule has 2 amide bonds. The van der Waals surface area contributed by atoms with E-state index in [0.717, 1.165) is 31.7 Å². The van der Waals surface area contributed by atoms with Gasteiger partial charge in [0.25, 0.3) is 0 Å². The highest BCUT2D eigenvalue weighted by Crippen LogP contribution is 2.30. The molecule has 132 valence electrons. The van der Waals surface area contributed by atoms with Gasteiger partial charge in [0.05, 0.1) is 5.52 Å². The van der Waals surface area contributed by atoms with Crippen molar-refractivity contribution in [2.24, 2.45) is 5.92 Å². The van der Waals surface area contributed by atoms with E-state index in [1.165, 1.54) is 23.8 Å². The number of pyridine rings is 1. The molecule has 1 aromatic heterocycles. The van der Waals surface area contributed by atoms with E-state index in [0.29, 0.717) is 12.0 Å². The van der Waals surface area contributed by atoms with Crippen molar-refractivity contribution >= 4 is 16.9 Å². The number of para-hydroxylation sites is 1. The second kappa shape index (κ2) is 6.64. The zero-order valence-corrected chi connectivity index (χ0v) is 15.1. The summed E-state index contributed by atoms with van der Waals surface area (Å²) in [5.41, 5.74) is 2.40. The number of fused-ring (bicyclic) bond motifs is 5. The maximum absolute atomic E-state index is 12.4. The summed E-state index contributed by atoms with van der Waals surface area (Å²) >= 11 is 0. The van der Waals surface area contributed by atoms with Gasteiger partial charge < -0.3 is 9.80 Å². The normalized spacial score (nSPS) is 23.7. The Morgan fingerprint density at radius 2 is 2.00 bits per heavy atom. The topological polar surface area (TPSA) is 39.7 Å². The van der Waals surface area contributed by atoms with Crippen LogP contribution in [0, 0.1) is 5.92 Å². The van der Waals surface area contributed by atoms with Crippen LogP contribution in [0.15, 0.2) is 36.5 Å². The molecule has 25 heavy (non-hydrogen) atoms. The highest BCUT2D eigenvalue weighted by Gasteiger charge is 2.36. The van der Waals surface area contributed by atoms with Crippen molar-refractivity contribution in [3.05, 3.63) is 42.1 Å². The Morgan fingerprint density at radius 1 is 1.16 bits per heavy atom. The third-order valence-electron chi connectivity index (χ3n) is 5.59. The van der Waals surface area contributed by atoms with Crippen LogP contribution in [0.5, 0.6) is 0 Å². The number of piperidine rings is 1. The molecule has 3 saturated heterocycles. The van der Waals surface area contributed by atoms with E-state index in [2.05, 4.69) is 34.1 Å². The lowest BCUT2D eigenvalue weighted by molar-refractivity contribution is 0.123. The van der Waals surface area contributed by atoms with E-state index in [1.807, 2.05) is 31.3 Å². The van der Waals surface area contributed by atoms with Gasteiger partial charge in [-0.3, -0.25) is 9.88 Å². The number of amides is 2. The maximum Gasteiger partial charge on any atom is 0.319 e. The van der Waals surface area contributed by atoms with E-state index in [1.54, 1.807) is 4.90 Å². The molecule has 2 atom stereocenters. The summed E-state index contributed by atoms with van der Waals surface area (Å²) in [4.78, 5) is 23.2. The first-order valence-corrected chi connectivity index (χ1v) is 9.14. The largest absolute Gasteiger partial charge is 0.331 e. The minimum Gasteiger partial charge on any atom is -0.331 e. The minimum absolute atomic E-state index is 0.146. The zero-order valence-electron chi connectivity index (χ0n) is 15.1. The quantitative estimate of drug-likeness (QED) is 0.845. The first-order valence-electron chi connectivity index (χ1n) is 9.14. The minimum atomic E-state index is 0.146. The molecule has 0 saturated carbocycles. The SMILES string of the molecule is CN(C)C(=O)N1C[C@@H]2CC[C@H](C1)N(Cc1ccnc3ccccc13)C2. The number of rotatable bonds is 2. The van der Waals surface area contributed by atoms with E-state index in [-0.39, 0.29) is 6.03 Å². The molecule has 3 aliphatic heterocycles. The van der Waals surface area contributed by atoms with Crippen LogP contribution in [0.1, 0.15) is 18.4 Å². The van der Waals surface area contributed by atoms with Gasteiger partial charge in [0, 0.05) is 57.9 Å². The zero-order chi connectivity index (χ0) is 17.4. The molecular formula is C20H26N4O. The highest BCUT2D eigenvalue weighted by atomic mass is 16.2. The van der Waals surface area contributed by atoms with Gasteiger partial charge in [-0.2, -0.15) is 0 Å². The first kappa shape index (κ1) is 16.3. The smallest absolute Gasteiger partial charge is 0.319 e. The van der Waals surface area contributed by atoms with Crippen molar-refractivity contribution in [2.75, 3.05) is 33.7 Å². The maximum atomic E-state index is 12.4. The van der Waals surface area contributed by atoms with E-state index in [9.17, 15) is 4.79 Å². The molecule has 3 fully saturated rings. The molecule has 1 aromatic carbocycles. The molecule has 0 aliphatic carbocycles. The predicted octanol–water partition coefficient (Wildman–Crippen LogP) is 2.81. The van der Waals surface area contributed by atoms with Crippen LogP contribution in [-0.2, 0) is 6.54 Å². The second-order valence-electron chi connectivity index (χ2n) is 7.60. The summed E-state index contributed by atoms with van der Waals surface area (Å²) in [7, 11) is 3.69. The summed E-state index contributed by atoms with van der Waals surface area (Å²) in [5.74, 6) is 0.579.